The van der Waals surface area contributed by atoms with Crippen molar-refractivity contribution in [2.45, 2.75) is 26.4 Å². The van der Waals surface area contributed by atoms with Gasteiger partial charge in [0.05, 0.1) is 18.5 Å². The summed E-state index contributed by atoms with van der Waals surface area (Å²) in [5.74, 6) is 6.44. The van der Waals surface area contributed by atoms with E-state index in [0.29, 0.717) is 0 Å². The first kappa shape index (κ1) is 10.9. The van der Waals surface area contributed by atoms with Gasteiger partial charge in [0, 0.05) is 23.9 Å². The van der Waals surface area contributed by atoms with Crippen LogP contribution in [-0.4, -0.2) is 9.78 Å². The summed E-state index contributed by atoms with van der Waals surface area (Å²) in [6.45, 7) is 4.80. The van der Waals surface area contributed by atoms with Crippen LogP contribution in [0.2, 0.25) is 0 Å². The molecule has 0 aromatic carbocycles. The van der Waals surface area contributed by atoms with E-state index in [0.717, 1.165) is 23.4 Å². The van der Waals surface area contributed by atoms with Gasteiger partial charge in [-0.05, 0) is 19.9 Å². The Morgan fingerprint density at radius 1 is 1.56 bits per heavy atom. The summed E-state index contributed by atoms with van der Waals surface area (Å²) in [5, 5.41) is 4.23. The summed E-state index contributed by atoms with van der Waals surface area (Å²) in [7, 11) is 0. The van der Waals surface area contributed by atoms with E-state index >= 15 is 0 Å². The molecule has 0 spiro atoms. The number of nitrogens with one attached hydrogen (secondary N) is 1. The highest BCUT2D eigenvalue weighted by Gasteiger charge is 2.16. The number of hydrogen-bond acceptors (Lipinski definition) is 4. The second-order valence-electron chi connectivity index (χ2n) is 3.72. The van der Waals surface area contributed by atoms with E-state index < -0.39 is 0 Å². The molecule has 0 bridgehead atoms. The van der Waals surface area contributed by atoms with Gasteiger partial charge in [-0.25, -0.2) is 5.43 Å². The molecule has 2 aromatic rings. The summed E-state index contributed by atoms with van der Waals surface area (Å²) in [6, 6.07) is 1.89. The molecule has 0 radical (unpaired) electrons. The predicted octanol–water partition coefficient (Wildman–Crippen LogP) is 1.36. The number of hydrazine groups is 1. The first-order valence-electron chi connectivity index (χ1n) is 5.28. The van der Waals surface area contributed by atoms with E-state index in [1.165, 1.54) is 0 Å². The van der Waals surface area contributed by atoms with Gasteiger partial charge in [-0.3, -0.25) is 10.5 Å². The summed E-state index contributed by atoms with van der Waals surface area (Å²) in [6.07, 6.45) is 5.51. The van der Waals surface area contributed by atoms with E-state index in [2.05, 4.69) is 10.5 Å². The van der Waals surface area contributed by atoms with E-state index in [9.17, 15) is 0 Å². The van der Waals surface area contributed by atoms with E-state index in [4.69, 9.17) is 10.3 Å². The molecule has 2 rings (SSSR count). The number of aromatic nitrogens is 2. The summed E-state index contributed by atoms with van der Waals surface area (Å²) < 4.78 is 7.15. The van der Waals surface area contributed by atoms with Gasteiger partial charge < -0.3 is 4.42 Å². The molecule has 0 aliphatic carbocycles. The molecular weight excluding hydrogens is 204 g/mol. The average molecular weight is 220 g/mol. The van der Waals surface area contributed by atoms with Gasteiger partial charge in [0.15, 0.2) is 0 Å². The average Bonchev–Trinajstić information content (AvgIpc) is 2.89. The first-order chi connectivity index (χ1) is 7.74. The number of furan rings is 1. The monoisotopic (exact) mass is 220 g/mol. The molecule has 3 N–H and O–H groups in total. The third-order valence-corrected chi connectivity index (χ3v) is 2.56. The molecule has 5 heteroatoms. The Morgan fingerprint density at radius 3 is 2.88 bits per heavy atom. The lowest BCUT2D eigenvalue weighted by atomic mass is 10.1. The van der Waals surface area contributed by atoms with Crippen LogP contribution in [0.15, 0.2) is 29.1 Å². The molecule has 1 atom stereocenters. The summed E-state index contributed by atoms with van der Waals surface area (Å²) in [5.41, 5.74) is 4.81. The third kappa shape index (κ3) is 2.00. The highest BCUT2D eigenvalue weighted by atomic mass is 16.3. The van der Waals surface area contributed by atoms with Crippen LogP contribution < -0.4 is 11.3 Å². The number of hydrogen-bond donors (Lipinski definition) is 2. The van der Waals surface area contributed by atoms with Crippen LogP contribution in [0.4, 0.5) is 0 Å². The fraction of sp³-hybridized carbons (Fsp3) is 0.364. The van der Waals surface area contributed by atoms with Gasteiger partial charge in [0.25, 0.3) is 0 Å². The minimum Gasteiger partial charge on any atom is -0.469 e. The molecule has 1 unspecified atom stereocenters. The molecule has 0 saturated heterocycles. The Balaban J connectivity index is 2.28. The van der Waals surface area contributed by atoms with Crippen molar-refractivity contribution in [1.29, 1.82) is 0 Å². The number of nitrogens with zero attached hydrogens (tertiary/aromatic N) is 2. The van der Waals surface area contributed by atoms with Crippen LogP contribution in [0.25, 0.3) is 0 Å². The van der Waals surface area contributed by atoms with E-state index in [-0.39, 0.29) is 6.04 Å². The Kier molecular flexibility index (Phi) is 3.07. The van der Waals surface area contributed by atoms with Crippen molar-refractivity contribution in [3.63, 3.8) is 0 Å². The summed E-state index contributed by atoms with van der Waals surface area (Å²) in [4.78, 5) is 0. The van der Waals surface area contributed by atoms with Crippen LogP contribution in [-0.2, 0) is 6.54 Å². The predicted molar refractivity (Wildman–Crippen MR) is 60.5 cm³/mol. The molecule has 16 heavy (non-hydrogen) atoms. The minimum absolute atomic E-state index is 0.0715. The van der Waals surface area contributed by atoms with Crippen molar-refractivity contribution in [1.82, 2.24) is 15.2 Å². The number of nitrogens with two attached hydrogens (primary N) is 1. The molecule has 2 heterocycles. The smallest absolute Gasteiger partial charge is 0.101 e. The molecule has 0 saturated carbocycles. The molecule has 5 nitrogen and oxygen atoms in total. The fourth-order valence-electron chi connectivity index (χ4n) is 1.70. The van der Waals surface area contributed by atoms with Crippen LogP contribution in [0.5, 0.6) is 0 Å². The molecule has 2 aromatic heterocycles. The maximum atomic E-state index is 5.57. The Morgan fingerprint density at radius 2 is 2.38 bits per heavy atom. The quantitative estimate of drug-likeness (QED) is 0.603. The van der Waals surface area contributed by atoms with Gasteiger partial charge in [-0.2, -0.15) is 5.10 Å². The van der Waals surface area contributed by atoms with Gasteiger partial charge in [0.2, 0.25) is 0 Å². The maximum absolute atomic E-state index is 5.57. The Labute approximate surface area is 94.2 Å². The van der Waals surface area contributed by atoms with Crippen molar-refractivity contribution in [3.8, 4) is 0 Å². The fourth-order valence-corrected chi connectivity index (χ4v) is 1.70. The largest absolute Gasteiger partial charge is 0.469 e. The minimum atomic E-state index is -0.0715. The van der Waals surface area contributed by atoms with Gasteiger partial charge in [0.1, 0.15) is 5.76 Å². The molecule has 0 fully saturated rings. The highest BCUT2D eigenvalue weighted by molar-refractivity contribution is 5.27. The van der Waals surface area contributed by atoms with Gasteiger partial charge in [-0.15, -0.1) is 0 Å². The van der Waals surface area contributed by atoms with Crippen molar-refractivity contribution in [2.75, 3.05) is 0 Å². The standard InChI is InChI=1S/C11H16N4O/c1-3-15-6-10(5-13-15)11(14-12)9-4-8(2)16-7-9/h4-7,11,14H,3,12H2,1-2H3. The van der Waals surface area contributed by atoms with E-state index in [1.807, 2.05) is 37.0 Å². The Bertz CT molecular complexity index is 460. The third-order valence-electron chi connectivity index (χ3n) is 2.56. The van der Waals surface area contributed by atoms with E-state index in [1.54, 1.807) is 6.26 Å². The van der Waals surface area contributed by atoms with Crippen molar-refractivity contribution < 1.29 is 4.42 Å². The van der Waals surface area contributed by atoms with Crippen molar-refractivity contribution in [2.24, 2.45) is 5.84 Å². The lowest BCUT2D eigenvalue weighted by molar-refractivity contribution is 0.525. The zero-order chi connectivity index (χ0) is 11.5. The number of aryl methyl sites for hydroxylation is 2. The lowest BCUT2D eigenvalue weighted by Gasteiger charge is -2.11. The van der Waals surface area contributed by atoms with Crippen LogP contribution in [0, 0.1) is 6.92 Å². The molecule has 86 valence electrons. The van der Waals surface area contributed by atoms with Gasteiger partial charge >= 0.3 is 0 Å². The normalized spacial score (nSPS) is 12.9. The number of rotatable bonds is 4. The highest BCUT2D eigenvalue weighted by Crippen LogP contribution is 2.22. The second kappa shape index (κ2) is 4.51. The second-order valence-corrected chi connectivity index (χ2v) is 3.72. The zero-order valence-corrected chi connectivity index (χ0v) is 9.47. The molecule has 0 aliphatic heterocycles. The molecular formula is C11H16N4O. The van der Waals surface area contributed by atoms with Crippen LogP contribution in [0.1, 0.15) is 29.9 Å². The summed E-state index contributed by atoms with van der Waals surface area (Å²) >= 11 is 0. The Hall–Kier alpha value is -1.59. The first-order valence-corrected chi connectivity index (χ1v) is 5.28. The SMILES string of the molecule is CCn1cc(C(NN)c2coc(C)c2)cn1. The zero-order valence-electron chi connectivity index (χ0n) is 9.47. The van der Waals surface area contributed by atoms with Crippen molar-refractivity contribution in [3.05, 3.63) is 41.6 Å². The molecule has 0 aliphatic rings. The van der Waals surface area contributed by atoms with Crippen LogP contribution >= 0.6 is 0 Å². The van der Waals surface area contributed by atoms with Crippen molar-refractivity contribution >= 4 is 0 Å². The molecule has 0 amide bonds. The van der Waals surface area contributed by atoms with Gasteiger partial charge in [-0.1, -0.05) is 0 Å². The lowest BCUT2D eigenvalue weighted by Crippen LogP contribution is -2.28. The van der Waals surface area contributed by atoms with Crippen LogP contribution in [0.3, 0.4) is 0 Å². The maximum Gasteiger partial charge on any atom is 0.101 e. The topological polar surface area (TPSA) is 69.0 Å².